The number of nitrogens with one attached hydrogen (secondary N) is 1. The summed E-state index contributed by atoms with van der Waals surface area (Å²) in [5.74, 6) is -1.28. The first kappa shape index (κ1) is 51.1. The van der Waals surface area contributed by atoms with Crippen LogP contribution < -0.4 is 11.1 Å². The summed E-state index contributed by atoms with van der Waals surface area (Å²) < 4.78 is 6.02. The predicted molar refractivity (Wildman–Crippen MR) is 229 cm³/mol. The third-order valence-corrected chi connectivity index (χ3v) is 9.57. The van der Waals surface area contributed by atoms with Crippen LogP contribution in [0.3, 0.4) is 0 Å². The van der Waals surface area contributed by atoms with Crippen molar-refractivity contribution in [3.05, 3.63) is 60.8 Å². The van der Waals surface area contributed by atoms with Gasteiger partial charge in [0.15, 0.2) is 0 Å². The van der Waals surface area contributed by atoms with Crippen LogP contribution in [0.5, 0.6) is 0 Å². The zero-order valence-corrected chi connectivity index (χ0v) is 34.8. The van der Waals surface area contributed by atoms with E-state index in [1.807, 2.05) is 0 Å². The zero-order valence-electron chi connectivity index (χ0n) is 34.8. The number of hydrogen-bond acceptors (Lipinski definition) is 5. The molecule has 7 nitrogen and oxygen atoms in total. The summed E-state index contributed by atoms with van der Waals surface area (Å²) in [6.45, 7) is 4.80. The highest BCUT2D eigenvalue weighted by Crippen LogP contribution is 2.18. The molecule has 0 bridgehead atoms. The first-order valence-electron chi connectivity index (χ1n) is 22.1. The molecule has 0 aliphatic rings. The lowest BCUT2D eigenvalue weighted by Crippen LogP contribution is -2.40. The van der Waals surface area contributed by atoms with Gasteiger partial charge >= 0.3 is 11.9 Å². The minimum absolute atomic E-state index is 0.0374. The predicted octanol–water partition coefficient (Wildman–Crippen LogP) is 12.6. The van der Waals surface area contributed by atoms with Crippen molar-refractivity contribution in [1.29, 1.82) is 0 Å². The molecule has 0 aromatic heterocycles. The molecule has 0 aliphatic carbocycles. The van der Waals surface area contributed by atoms with Gasteiger partial charge in [-0.15, -0.1) is 0 Å². The number of esters is 1. The Bertz CT molecular complexity index is 1030. The van der Waals surface area contributed by atoms with Crippen molar-refractivity contribution in [3.8, 4) is 0 Å². The Balaban J connectivity index is 4.36. The summed E-state index contributed by atoms with van der Waals surface area (Å²) in [6, 6.07) is -0.863. The third kappa shape index (κ3) is 37.4. The number of amides is 1. The molecule has 0 heterocycles. The van der Waals surface area contributed by atoms with Gasteiger partial charge in [-0.05, 0) is 116 Å². The molecule has 0 spiro atoms. The van der Waals surface area contributed by atoms with E-state index in [1.54, 1.807) is 0 Å². The van der Waals surface area contributed by atoms with Gasteiger partial charge in [0.2, 0.25) is 5.91 Å². The second-order valence-corrected chi connectivity index (χ2v) is 14.7. The van der Waals surface area contributed by atoms with Crippen LogP contribution >= 0.6 is 0 Å². The van der Waals surface area contributed by atoms with Crippen molar-refractivity contribution in [2.45, 2.75) is 212 Å². The molecular formula is C47H82N2O5. The maximum Gasteiger partial charge on any atom is 0.326 e. The van der Waals surface area contributed by atoms with Crippen molar-refractivity contribution in [1.82, 2.24) is 5.32 Å². The van der Waals surface area contributed by atoms with Gasteiger partial charge < -0.3 is 20.9 Å². The molecule has 2 unspecified atom stereocenters. The molecule has 4 N–H and O–H groups in total. The highest BCUT2D eigenvalue weighted by atomic mass is 16.5. The minimum atomic E-state index is -1.01. The SMILES string of the molecule is CC/C=C\C/C=C\C/C=C\CCCCCCCCCC(=O)OC(CCC/C=C\C/C=C\CCCCC)CCCCCCCC(=O)NC(CCCN)C(=O)O. The first-order valence-corrected chi connectivity index (χ1v) is 22.1. The standard InChI is InChI=1S/C47H82N2O5/c1-3-5-7-9-11-13-15-16-17-18-19-20-22-24-26-31-35-41-46(51)54-43(37-32-28-25-23-21-14-12-10-8-6-4-2)38-33-29-27-30-34-40-45(50)49-44(47(52)53)39-36-42-48/h5,7,11-14,16-17,23,25,43-44H,3-4,6,8-10,15,18-22,24,26-42,48H2,1-2H3,(H,49,50)(H,52,53)/b7-5-,13-11-,14-12-,17-16-,25-23-. The molecule has 0 aromatic carbocycles. The average Bonchev–Trinajstić information content (AvgIpc) is 3.16. The lowest BCUT2D eigenvalue weighted by molar-refractivity contribution is -0.150. The molecule has 0 radical (unpaired) electrons. The number of rotatable bonds is 39. The van der Waals surface area contributed by atoms with Crippen LogP contribution in [0.25, 0.3) is 0 Å². The molecule has 0 aromatic rings. The second kappa shape index (κ2) is 41.2. The lowest BCUT2D eigenvalue weighted by Gasteiger charge is -2.18. The number of allylic oxidation sites excluding steroid dienone is 10. The van der Waals surface area contributed by atoms with Crippen molar-refractivity contribution in [3.63, 3.8) is 0 Å². The molecule has 54 heavy (non-hydrogen) atoms. The normalized spacial score (nSPS) is 13.2. The number of nitrogens with two attached hydrogens (primary N) is 1. The van der Waals surface area contributed by atoms with Crippen LogP contribution in [-0.2, 0) is 19.1 Å². The molecule has 7 heteroatoms. The highest BCUT2D eigenvalue weighted by molar-refractivity contribution is 5.83. The van der Waals surface area contributed by atoms with Crippen LogP contribution in [0.1, 0.15) is 200 Å². The van der Waals surface area contributed by atoms with Gasteiger partial charge in [-0.2, -0.15) is 0 Å². The number of carboxylic acids is 1. The average molecular weight is 755 g/mol. The van der Waals surface area contributed by atoms with E-state index in [0.717, 1.165) is 103 Å². The molecule has 0 aliphatic heterocycles. The summed E-state index contributed by atoms with van der Waals surface area (Å²) in [5, 5.41) is 11.9. The summed E-state index contributed by atoms with van der Waals surface area (Å²) >= 11 is 0. The van der Waals surface area contributed by atoms with Gasteiger partial charge in [0, 0.05) is 12.8 Å². The Morgan fingerprint density at radius 1 is 0.556 bits per heavy atom. The van der Waals surface area contributed by atoms with E-state index in [1.165, 1.54) is 57.8 Å². The number of carboxylic acid groups (broad SMARTS) is 1. The molecule has 0 rings (SSSR count). The van der Waals surface area contributed by atoms with Crippen molar-refractivity contribution in [2.24, 2.45) is 5.73 Å². The number of carbonyl (C=O) groups excluding carboxylic acids is 2. The van der Waals surface area contributed by atoms with Crippen molar-refractivity contribution in [2.75, 3.05) is 6.54 Å². The smallest absolute Gasteiger partial charge is 0.326 e. The number of carbonyl (C=O) groups is 3. The number of aliphatic carboxylic acids is 1. The Kier molecular flexibility index (Phi) is 39.0. The number of hydrogen-bond donors (Lipinski definition) is 3. The van der Waals surface area contributed by atoms with Crippen molar-refractivity contribution >= 4 is 17.8 Å². The summed E-state index contributed by atoms with van der Waals surface area (Å²) in [7, 11) is 0. The molecule has 0 saturated carbocycles. The van der Waals surface area contributed by atoms with Crippen LogP contribution in [0.4, 0.5) is 0 Å². The maximum absolute atomic E-state index is 12.8. The third-order valence-electron chi connectivity index (χ3n) is 9.57. The molecule has 1 amide bonds. The van der Waals surface area contributed by atoms with Crippen molar-refractivity contribution < 1.29 is 24.2 Å². The molecule has 0 fully saturated rings. The van der Waals surface area contributed by atoms with Crippen LogP contribution in [0, 0.1) is 0 Å². The summed E-state index contributed by atoms with van der Waals surface area (Å²) in [4.78, 5) is 36.4. The fourth-order valence-electron chi connectivity index (χ4n) is 6.27. The van der Waals surface area contributed by atoms with E-state index in [9.17, 15) is 19.5 Å². The van der Waals surface area contributed by atoms with Crippen LogP contribution in [-0.4, -0.2) is 41.6 Å². The fourth-order valence-corrected chi connectivity index (χ4v) is 6.27. The van der Waals surface area contributed by atoms with Gasteiger partial charge in [-0.3, -0.25) is 9.59 Å². The van der Waals surface area contributed by atoms with Crippen LogP contribution in [0.15, 0.2) is 60.8 Å². The van der Waals surface area contributed by atoms with E-state index < -0.39 is 12.0 Å². The first-order chi connectivity index (χ1) is 26.4. The molecule has 310 valence electrons. The van der Waals surface area contributed by atoms with E-state index in [0.29, 0.717) is 32.2 Å². The van der Waals surface area contributed by atoms with E-state index >= 15 is 0 Å². The quantitative estimate of drug-likeness (QED) is 0.0327. The van der Waals surface area contributed by atoms with Gasteiger partial charge in [0.1, 0.15) is 12.1 Å². The van der Waals surface area contributed by atoms with Gasteiger partial charge in [-0.1, -0.05) is 139 Å². The topological polar surface area (TPSA) is 119 Å². The van der Waals surface area contributed by atoms with Crippen LogP contribution in [0.2, 0.25) is 0 Å². The lowest BCUT2D eigenvalue weighted by atomic mass is 10.0. The summed E-state index contributed by atoms with van der Waals surface area (Å²) in [5.41, 5.74) is 5.48. The van der Waals surface area contributed by atoms with Gasteiger partial charge in [0.25, 0.3) is 0 Å². The molecule has 2 atom stereocenters. The maximum atomic E-state index is 12.8. The van der Waals surface area contributed by atoms with E-state index in [2.05, 4.69) is 79.9 Å². The van der Waals surface area contributed by atoms with Gasteiger partial charge in [0.05, 0.1) is 0 Å². The van der Waals surface area contributed by atoms with E-state index in [-0.39, 0.29) is 18.0 Å². The van der Waals surface area contributed by atoms with E-state index in [4.69, 9.17) is 10.5 Å². The van der Waals surface area contributed by atoms with Gasteiger partial charge in [-0.25, -0.2) is 4.79 Å². The molecular weight excluding hydrogens is 673 g/mol. The minimum Gasteiger partial charge on any atom is -0.480 e. The zero-order chi connectivity index (χ0) is 39.6. The Labute approximate surface area is 331 Å². The fraction of sp³-hybridized carbons (Fsp3) is 0.723. The highest BCUT2D eigenvalue weighted by Gasteiger charge is 2.19. The Hall–Kier alpha value is -2.93. The summed E-state index contributed by atoms with van der Waals surface area (Å²) in [6.07, 6.45) is 51.2. The Morgan fingerprint density at radius 3 is 1.61 bits per heavy atom. The monoisotopic (exact) mass is 755 g/mol. The Morgan fingerprint density at radius 2 is 1.04 bits per heavy atom. The number of ether oxygens (including phenoxy) is 1. The second-order valence-electron chi connectivity index (χ2n) is 14.7. The largest absolute Gasteiger partial charge is 0.480 e. The molecule has 0 saturated heterocycles. The number of unbranched alkanes of at least 4 members (excludes halogenated alkanes) is 15.